The first-order chi connectivity index (χ1) is 7.58. The van der Waals surface area contributed by atoms with E-state index >= 15 is 0 Å². The van der Waals surface area contributed by atoms with Crippen molar-refractivity contribution < 1.29 is 13.9 Å². The van der Waals surface area contributed by atoms with Gasteiger partial charge in [0.05, 0.1) is 12.2 Å². The molecule has 0 aromatic heterocycles. The van der Waals surface area contributed by atoms with Crippen molar-refractivity contribution in [1.82, 2.24) is 0 Å². The molecule has 0 aliphatic heterocycles. The lowest BCUT2D eigenvalue weighted by Crippen LogP contribution is -2.14. The molecular formula is C11H13FN2O2. The molecule has 1 amide bonds. The molecular weight excluding hydrogens is 211 g/mol. The Morgan fingerprint density at radius 3 is 2.75 bits per heavy atom. The average molecular weight is 224 g/mol. The van der Waals surface area contributed by atoms with Crippen molar-refractivity contribution in [2.75, 3.05) is 12.3 Å². The summed E-state index contributed by atoms with van der Waals surface area (Å²) >= 11 is 0. The Kier molecular flexibility index (Phi) is 2.68. The van der Waals surface area contributed by atoms with E-state index in [-0.39, 0.29) is 17.0 Å². The lowest BCUT2D eigenvalue weighted by Gasteiger charge is -2.09. The van der Waals surface area contributed by atoms with Gasteiger partial charge in [0, 0.05) is 11.8 Å². The number of amides is 1. The van der Waals surface area contributed by atoms with E-state index in [1.54, 1.807) is 0 Å². The van der Waals surface area contributed by atoms with Crippen molar-refractivity contribution in [1.29, 1.82) is 0 Å². The van der Waals surface area contributed by atoms with E-state index in [4.69, 9.17) is 16.2 Å². The lowest BCUT2D eigenvalue weighted by molar-refractivity contribution is 0.100. The van der Waals surface area contributed by atoms with Crippen LogP contribution in [0.15, 0.2) is 12.1 Å². The highest BCUT2D eigenvalue weighted by atomic mass is 19.1. The van der Waals surface area contributed by atoms with Crippen LogP contribution in [0.25, 0.3) is 0 Å². The van der Waals surface area contributed by atoms with Crippen molar-refractivity contribution >= 4 is 11.6 Å². The summed E-state index contributed by atoms with van der Waals surface area (Å²) in [4.78, 5) is 11.0. The molecule has 5 heteroatoms. The van der Waals surface area contributed by atoms with E-state index < -0.39 is 11.7 Å². The average Bonchev–Trinajstić information content (AvgIpc) is 2.99. The summed E-state index contributed by atoms with van der Waals surface area (Å²) in [6.45, 7) is 0.471. The van der Waals surface area contributed by atoms with Gasteiger partial charge < -0.3 is 16.2 Å². The van der Waals surface area contributed by atoms with E-state index in [0.717, 1.165) is 18.9 Å². The Morgan fingerprint density at radius 1 is 1.50 bits per heavy atom. The van der Waals surface area contributed by atoms with Crippen molar-refractivity contribution in [3.8, 4) is 5.75 Å². The van der Waals surface area contributed by atoms with Crippen LogP contribution in [0.4, 0.5) is 10.1 Å². The van der Waals surface area contributed by atoms with Gasteiger partial charge in [0.1, 0.15) is 0 Å². The molecule has 1 aromatic carbocycles. The zero-order valence-corrected chi connectivity index (χ0v) is 8.70. The molecule has 0 spiro atoms. The number of anilines is 1. The van der Waals surface area contributed by atoms with Crippen molar-refractivity contribution in [3.05, 3.63) is 23.5 Å². The second-order valence-electron chi connectivity index (χ2n) is 3.99. The van der Waals surface area contributed by atoms with Gasteiger partial charge in [-0.25, -0.2) is 4.39 Å². The lowest BCUT2D eigenvalue weighted by atomic mass is 10.1. The minimum atomic E-state index is -0.686. The minimum Gasteiger partial charge on any atom is -0.490 e. The molecule has 0 radical (unpaired) electrons. The maximum absolute atomic E-state index is 13.4. The highest BCUT2D eigenvalue weighted by Gasteiger charge is 2.23. The van der Waals surface area contributed by atoms with Gasteiger partial charge >= 0.3 is 0 Å². The Balaban J connectivity index is 2.21. The van der Waals surface area contributed by atoms with Crippen LogP contribution in [0.2, 0.25) is 0 Å². The second kappa shape index (κ2) is 4.00. The van der Waals surface area contributed by atoms with Crippen LogP contribution < -0.4 is 16.2 Å². The van der Waals surface area contributed by atoms with Crippen molar-refractivity contribution in [3.63, 3.8) is 0 Å². The summed E-state index contributed by atoms with van der Waals surface area (Å²) < 4.78 is 18.7. The number of nitrogen functional groups attached to an aromatic ring is 1. The topological polar surface area (TPSA) is 78.3 Å². The van der Waals surface area contributed by atoms with Gasteiger partial charge in [-0.2, -0.15) is 0 Å². The largest absolute Gasteiger partial charge is 0.490 e. The first kappa shape index (κ1) is 10.7. The third-order valence-electron chi connectivity index (χ3n) is 2.54. The molecule has 4 nitrogen and oxygen atoms in total. The van der Waals surface area contributed by atoms with Crippen LogP contribution in [0.1, 0.15) is 23.2 Å². The molecule has 16 heavy (non-hydrogen) atoms. The predicted molar refractivity (Wildman–Crippen MR) is 57.5 cm³/mol. The summed E-state index contributed by atoms with van der Waals surface area (Å²) in [5, 5.41) is 0. The molecule has 0 unspecified atom stereocenters. The molecule has 0 heterocycles. The fraction of sp³-hybridized carbons (Fsp3) is 0.364. The molecule has 4 N–H and O–H groups in total. The van der Waals surface area contributed by atoms with Crippen LogP contribution in [0.5, 0.6) is 5.75 Å². The Morgan fingerprint density at radius 2 is 2.19 bits per heavy atom. The van der Waals surface area contributed by atoms with Gasteiger partial charge in [-0.1, -0.05) is 0 Å². The fourth-order valence-corrected chi connectivity index (χ4v) is 1.38. The number of benzene rings is 1. The Labute approximate surface area is 92.4 Å². The number of nitrogens with two attached hydrogens (primary N) is 2. The Hall–Kier alpha value is -1.78. The third kappa shape index (κ3) is 2.24. The maximum Gasteiger partial charge on any atom is 0.250 e. The van der Waals surface area contributed by atoms with Gasteiger partial charge in [0.2, 0.25) is 0 Å². The number of hydrogen-bond acceptors (Lipinski definition) is 3. The minimum absolute atomic E-state index is 0.0313. The summed E-state index contributed by atoms with van der Waals surface area (Å²) in [5.41, 5.74) is 10.7. The van der Waals surface area contributed by atoms with Gasteiger partial charge in [0.15, 0.2) is 11.6 Å². The molecule has 0 atom stereocenters. The molecule has 1 aliphatic rings. The van der Waals surface area contributed by atoms with E-state index in [1.165, 1.54) is 6.07 Å². The van der Waals surface area contributed by atoms with Crippen LogP contribution in [0.3, 0.4) is 0 Å². The Bertz CT molecular complexity index is 430. The summed E-state index contributed by atoms with van der Waals surface area (Å²) in [7, 11) is 0. The molecule has 1 saturated carbocycles. The van der Waals surface area contributed by atoms with Crippen LogP contribution in [0, 0.1) is 11.7 Å². The van der Waals surface area contributed by atoms with Crippen LogP contribution in [-0.2, 0) is 0 Å². The van der Waals surface area contributed by atoms with Crippen LogP contribution in [-0.4, -0.2) is 12.5 Å². The number of carbonyl (C=O) groups is 1. The monoisotopic (exact) mass is 224 g/mol. The van der Waals surface area contributed by atoms with Gasteiger partial charge in [0.25, 0.3) is 5.91 Å². The second-order valence-corrected chi connectivity index (χ2v) is 3.99. The summed E-state index contributed by atoms with van der Waals surface area (Å²) in [6, 6.07) is 2.32. The standard InChI is InChI=1S/C11H13FN2O2/c12-8-4-9(13)7(11(14)15)3-10(8)16-5-6-1-2-6/h3-4,6H,1-2,5,13H2,(H2,14,15). The number of ether oxygens (including phenoxy) is 1. The van der Waals surface area contributed by atoms with E-state index in [1.807, 2.05) is 0 Å². The maximum atomic E-state index is 13.4. The predicted octanol–water partition coefficient (Wildman–Crippen LogP) is 1.30. The van der Waals surface area contributed by atoms with E-state index in [0.29, 0.717) is 12.5 Å². The number of carbonyl (C=O) groups excluding carboxylic acids is 1. The highest BCUT2D eigenvalue weighted by Crippen LogP contribution is 2.31. The first-order valence-corrected chi connectivity index (χ1v) is 5.09. The quantitative estimate of drug-likeness (QED) is 0.756. The SMILES string of the molecule is NC(=O)c1cc(OCC2CC2)c(F)cc1N. The highest BCUT2D eigenvalue weighted by molar-refractivity contribution is 5.98. The van der Waals surface area contributed by atoms with Crippen molar-refractivity contribution in [2.24, 2.45) is 11.7 Å². The smallest absolute Gasteiger partial charge is 0.250 e. The zero-order valence-electron chi connectivity index (χ0n) is 8.70. The van der Waals surface area contributed by atoms with Gasteiger partial charge in [-0.3, -0.25) is 4.79 Å². The molecule has 2 rings (SSSR count). The number of halogens is 1. The van der Waals surface area contributed by atoms with Gasteiger partial charge in [-0.15, -0.1) is 0 Å². The molecule has 0 bridgehead atoms. The number of rotatable bonds is 4. The van der Waals surface area contributed by atoms with E-state index in [2.05, 4.69) is 0 Å². The summed E-state index contributed by atoms with van der Waals surface area (Å²) in [6.07, 6.45) is 2.22. The van der Waals surface area contributed by atoms with Crippen LogP contribution >= 0.6 is 0 Å². The molecule has 86 valence electrons. The van der Waals surface area contributed by atoms with Crippen molar-refractivity contribution in [2.45, 2.75) is 12.8 Å². The van der Waals surface area contributed by atoms with E-state index in [9.17, 15) is 9.18 Å². The normalized spacial score (nSPS) is 14.8. The molecule has 1 aliphatic carbocycles. The molecule has 1 aromatic rings. The zero-order chi connectivity index (χ0) is 11.7. The molecule has 1 fully saturated rings. The molecule has 0 saturated heterocycles. The summed E-state index contributed by atoms with van der Waals surface area (Å²) in [5.74, 6) is -0.708. The number of primary amides is 1. The fourth-order valence-electron chi connectivity index (χ4n) is 1.38. The first-order valence-electron chi connectivity index (χ1n) is 5.09. The van der Waals surface area contributed by atoms with Gasteiger partial charge in [-0.05, 0) is 24.8 Å². The number of hydrogen-bond donors (Lipinski definition) is 2. The third-order valence-corrected chi connectivity index (χ3v) is 2.54.